The van der Waals surface area contributed by atoms with Crippen LogP contribution in [0.25, 0.3) is 0 Å². The minimum absolute atomic E-state index is 0.301. The summed E-state index contributed by atoms with van der Waals surface area (Å²) < 4.78 is 0. The summed E-state index contributed by atoms with van der Waals surface area (Å²) in [5.41, 5.74) is 0. The lowest BCUT2D eigenvalue weighted by Crippen LogP contribution is -2.12. The number of carboxylic acid groups (broad SMARTS) is 2. The molecule has 148 valence electrons. The van der Waals surface area contributed by atoms with Crippen LogP contribution in [-0.4, -0.2) is 27.4 Å². The third-order valence-corrected chi connectivity index (χ3v) is 5.28. The van der Waals surface area contributed by atoms with Gasteiger partial charge in [-0.25, -0.2) is 0 Å². The number of hydrogen-bond acceptors (Lipinski definition) is 3. The van der Waals surface area contributed by atoms with Gasteiger partial charge in [-0.2, -0.15) is 12.6 Å². The van der Waals surface area contributed by atoms with E-state index in [-0.39, 0.29) is 0 Å². The van der Waals surface area contributed by atoms with Crippen LogP contribution in [0, 0.1) is 5.92 Å². The van der Waals surface area contributed by atoms with Gasteiger partial charge in [-0.1, -0.05) is 77.6 Å². The number of carboxylic acids is 2. The van der Waals surface area contributed by atoms with E-state index in [0.717, 1.165) is 51.4 Å². The first kappa shape index (κ1) is 24.3. The van der Waals surface area contributed by atoms with Crippen molar-refractivity contribution in [1.29, 1.82) is 0 Å². The molecule has 25 heavy (non-hydrogen) atoms. The Morgan fingerprint density at radius 1 is 0.760 bits per heavy atom. The molecule has 0 aliphatic rings. The zero-order chi connectivity index (χ0) is 18.9. The van der Waals surface area contributed by atoms with E-state index in [0.29, 0.717) is 18.8 Å². The molecule has 4 nitrogen and oxygen atoms in total. The Morgan fingerprint density at radius 3 is 1.64 bits per heavy atom. The largest absolute Gasteiger partial charge is 0.481 e. The first-order valence-corrected chi connectivity index (χ1v) is 10.6. The summed E-state index contributed by atoms with van der Waals surface area (Å²) in [4.78, 5) is 21.7. The van der Waals surface area contributed by atoms with Crippen LogP contribution < -0.4 is 0 Å². The van der Waals surface area contributed by atoms with Crippen molar-refractivity contribution in [3.63, 3.8) is 0 Å². The molecule has 0 aliphatic heterocycles. The van der Waals surface area contributed by atoms with E-state index >= 15 is 0 Å². The summed E-state index contributed by atoms with van der Waals surface area (Å²) in [5, 5.41) is 17.3. The third kappa shape index (κ3) is 16.5. The van der Waals surface area contributed by atoms with Gasteiger partial charge in [0.05, 0.1) is 5.25 Å². The molecule has 5 heteroatoms. The van der Waals surface area contributed by atoms with Gasteiger partial charge in [0.15, 0.2) is 0 Å². The van der Waals surface area contributed by atoms with Crippen LogP contribution in [0.3, 0.4) is 0 Å². The van der Waals surface area contributed by atoms with Crippen LogP contribution in [0.5, 0.6) is 0 Å². The lowest BCUT2D eigenvalue weighted by atomic mass is 9.91. The van der Waals surface area contributed by atoms with Crippen molar-refractivity contribution in [2.45, 2.75) is 108 Å². The number of carbonyl (C=O) groups is 2. The molecule has 0 fully saturated rings. The maximum absolute atomic E-state index is 11.0. The molecule has 0 amide bonds. The predicted octanol–water partition coefficient (Wildman–Crippen LogP) is 5.94. The van der Waals surface area contributed by atoms with E-state index in [1.807, 2.05) is 0 Å². The average molecular weight is 375 g/mol. The molecule has 0 aromatic heterocycles. The maximum Gasteiger partial charge on any atom is 0.316 e. The Balaban J connectivity index is 3.71. The molecule has 0 saturated carbocycles. The highest BCUT2D eigenvalue weighted by Gasteiger charge is 2.13. The highest BCUT2D eigenvalue weighted by atomic mass is 32.1. The molecule has 0 aromatic rings. The van der Waals surface area contributed by atoms with Crippen molar-refractivity contribution in [2.24, 2.45) is 5.92 Å². The summed E-state index contributed by atoms with van der Waals surface area (Å²) in [6.45, 7) is 2.21. The van der Waals surface area contributed by atoms with Gasteiger partial charge in [-0.15, -0.1) is 0 Å². The summed E-state index contributed by atoms with van der Waals surface area (Å²) in [7, 11) is 0. The summed E-state index contributed by atoms with van der Waals surface area (Å²) >= 11 is 4.03. The fourth-order valence-corrected chi connectivity index (χ4v) is 3.42. The normalized spacial score (nSPS) is 13.5. The molecule has 2 N–H and O–H groups in total. The third-order valence-electron chi connectivity index (χ3n) is 4.80. The van der Waals surface area contributed by atoms with Crippen molar-refractivity contribution in [3.05, 3.63) is 0 Å². The van der Waals surface area contributed by atoms with Gasteiger partial charge < -0.3 is 10.2 Å². The molecule has 0 radical (unpaired) electrons. The maximum atomic E-state index is 11.0. The molecule has 0 saturated heterocycles. The molecular weight excluding hydrogens is 336 g/mol. The smallest absolute Gasteiger partial charge is 0.316 e. The summed E-state index contributed by atoms with van der Waals surface area (Å²) in [6.07, 6.45) is 15.7. The fraction of sp³-hybridized carbons (Fsp3) is 0.900. The number of unbranched alkanes of at least 4 members (excludes halogenated alkanes) is 9. The predicted molar refractivity (Wildman–Crippen MR) is 106 cm³/mol. The average Bonchev–Trinajstić information content (AvgIpc) is 2.55. The molecular formula is C20H38O4S. The molecule has 0 spiro atoms. The van der Waals surface area contributed by atoms with E-state index < -0.39 is 17.2 Å². The van der Waals surface area contributed by atoms with E-state index in [1.165, 1.54) is 32.1 Å². The van der Waals surface area contributed by atoms with E-state index in [9.17, 15) is 9.59 Å². The minimum atomic E-state index is -0.838. The van der Waals surface area contributed by atoms with Crippen LogP contribution in [-0.2, 0) is 9.59 Å². The highest BCUT2D eigenvalue weighted by Crippen LogP contribution is 2.22. The van der Waals surface area contributed by atoms with Crippen LogP contribution >= 0.6 is 12.6 Å². The summed E-state index contributed by atoms with van der Waals surface area (Å²) in [6, 6.07) is 0. The van der Waals surface area contributed by atoms with Crippen LogP contribution in [0.1, 0.15) is 103 Å². The summed E-state index contributed by atoms with van der Waals surface area (Å²) in [5.74, 6) is -1.20. The lowest BCUT2D eigenvalue weighted by Gasteiger charge is -2.14. The highest BCUT2D eigenvalue weighted by molar-refractivity contribution is 7.81. The topological polar surface area (TPSA) is 74.6 Å². The van der Waals surface area contributed by atoms with Gasteiger partial charge in [-0.3, -0.25) is 9.59 Å². The van der Waals surface area contributed by atoms with Crippen molar-refractivity contribution in [1.82, 2.24) is 0 Å². The molecule has 0 rings (SSSR count). The first-order chi connectivity index (χ1) is 12.0. The molecule has 0 heterocycles. The Hall–Kier alpha value is -0.710. The van der Waals surface area contributed by atoms with Crippen molar-refractivity contribution < 1.29 is 19.8 Å². The van der Waals surface area contributed by atoms with E-state index in [4.69, 9.17) is 10.2 Å². The second kappa shape index (κ2) is 16.7. The zero-order valence-electron chi connectivity index (χ0n) is 15.9. The van der Waals surface area contributed by atoms with Crippen LogP contribution in [0.2, 0.25) is 0 Å². The Morgan fingerprint density at radius 2 is 1.20 bits per heavy atom. The second-order valence-corrected chi connectivity index (χ2v) is 7.84. The van der Waals surface area contributed by atoms with Gasteiger partial charge in [0.25, 0.3) is 0 Å². The molecule has 0 aliphatic carbocycles. The van der Waals surface area contributed by atoms with Gasteiger partial charge >= 0.3 is 11.9 Å². The number of thiol groups is 1. The van der Waals surface area contributed by atoms with E-state index in [2.05, 4.69) is 19.6 Å². The van der Waals surface area contributed by atoms with E-state index in [1.54, 1.807) is 0 Å². The van der Waals surface area contributed by atoms with Crippen molar-refractivity contribution in [3.8, 4) is 0 Å². The standard InChI is InChI=1S/C20H38O4S/c1-2-3-4-5-7-10-13-17(16-19(21)22)14-11-8-6-9-12-15-18(25)20(23)24/h17-18,25H,2-16H2,1H3,(H,21,22)(H,23,24). The van der Waals surface area contributed by atoms with Crippen molar-refractivity contribution in [2.75, 3.05) is 0 Å². The lowest BCUT2D eigenvalue weighted by molar-refractivity contribution is -0.138. The van der Waals surface area contributed by atoms with Crippen LogP contribution in [0.15, 0.2) is 0 Å². The SMILES string of the molecule is CCCCCCCCC(CCCCCCCC(S)C(=O)O)CC(=O)O. The zero-order valence-corrected chi connectivity index (χ0v) is 16.8. The molecule has 2 atom stereocenters. The van der Waals surface area contributed by atoms with Gasteiger partial charge in [0, 0.05) is 6.42 Å². The molecule has 0 aromatic carbocycles. The number of hydrogen-bond donors (Lipinski definition) is 3. The van der Waals surface area contributed by atoms with Crippen LogP contribution in [0.4, 0.5) is 0 Å². The Bertz CT molecular complexity index is 347. The monoisotopic (exact) mass is 374 g/mol. The first-order valence-electron chi connectivity index (χ1n) is 10.1. The number of aliphatic carboxylic acids is 2. The Kier molecular flexibility index (Phi) is 16.3. The Labute approximate surface area is 159 Å². The van der Waals surface area contributed by atoms with Gasteiger partial charge in [0.2, 0.25) is 0 Å². The number of rotatable bonds is 18. The fourth-order valence-electron chi connectivity index (χ4n) is 3.23. The second-order valence-electron chi connectivity index (χ2n) is 7.22. The van der Waals surface area contributed by atoms with Crippen molar-refractivity contribution >= 4 is 24.6 Å². The molecule has 2 unspecified atom stereocenters. The molecule has 0 bridgehead atoms. The van der Waals surface area contributed by atoms with Gasteiger partial charge in [-0.05, 0) is 25.2 Å². The minimum Gasteiger partial charge on any atom is -0.481 e. The quantitative estimate of drug-likeness (QED) is 0.205. The van der Waals surface area contributed by atoms with Gasteiger partial charge in [0.1, 0.15) is 0 Å².